The maximum Gasteiger partial charge on any atom is 0.295 e. The summed E-state index contributed by atoms with van der Waals surface area (Å²) in [5.41, 5.74) is 6.17. The molecular weight excluding hydrogens is 249 g/mol. The Hall–Kier alpha value is -2.11. The van der Waals surface area contributed by atoms with Gasteiger partial charge in [0.1, 0.15) is 11.3 Å². The Bertz CT molecular complexity index is 634. The van der Waals surface area contributed by atoms with Crippen molar-refractivity contribution in [3.8, 4) is 0 Å². The topological polar surface area (TPSA) is 81.2 Å². The van der Waals surface area contributed by atoms with Crippen molar-refractivity contribution < 1.29 is 13.6 Å². The molecule has 6 heteroatoms. The van der Waals surface area contributed by atoms with Gasteiger partial charge in [0.25, 0.3) is 6.01 Å². The lowest BCUT2D eigenvalue weighted by molar-refractivity contribution is -0.119. The number of hydrogen-bond donors (Lipinski definition) is 2. The minimum Gasteiger partial charge on any atom is -0.423 e. The monoisotopic (exact) mass is 263 g/mol. The number of rotatable bonds is 5. The third-order valence-electron chi connectivity index (χ3n) is 3.47. The van der Waals surface area contributed by atoms with E-state index < -0.39 is 0 Å². The lowest BCUT2D eigenvalue weighted by atomic mass is 10.0. The van der Waals surface area contributed by atoms with E-state index in [9.17, 15) is 9.18 Å². The van der Waals surface area contributed by atoms with Crippen LogP contribution in [0, 0.1) is 11.2 Å². The number of nitrogens with one attached hydrogen (secondary N) is 1. The Kier molecular flexibility index (Phi) is 2.66. The van der Waals surface area contributed by atoms with E-state index in [2.05, 4.69) is 10.3 Å². The van der Waals surface area contributed by atoms with Crippen molar-refractivity contribution in [2.75, 3.05) is 11.9 Å². The van der Waals surface area contributed by atoms with Crippen molar-refractivity contribution in [2.24, 2.45) is 11.1 Å². The van der Waals surface area contributed by atoms with Crippen LogP contribution < -0.4 is 11.1 Å². The van der Waals surface area contributed by atoms with E-state index in [1.165, 1.54) is 12.1 Å². The molecule has 1 aliphatic carbocycles. The van der Waals surface area contributed by atoms with Gasteiger partial charge >= 0.3 is 0 Å². The molecule has 0 aliphatic heterocycles. The summed E-state index contributed by atoms with van der Waals surface area (Å²) < 4.78 is 18.4. The van der Waals surface area contributed by atoms with Crippen LogP contribution in [-0.2, 0) is 4.79 Å². The summed E-state index contributed by atoms with van der Waals surface area (Å²) in [5.74, 6) is -0.651. The summed E-state index contributed by atoms with van der Waals surface area (Å²) in [7, 11) is 0. The van der Waals surface area contributed by atoms with Gasteiger partial charge in [-0.05, 0) is 30.4 Å². The van der Waals surface area contributed by atoms with Gasteiger partial charge in [0.05, 0.1) is 0 Å². The predicted molar refractivity (Wildman–Crippen MR) is 67.9 cm³/mol. The summed E-state index contributed by atoms with van der Waals surface area (Å²) in [5, 5.41) is 3.05. The average molecular weight is 263 g/mol. The van der Waals surface area contributed by atoms with Crippen molar-refractivity contribution in [2.45, 2.75) is 19.3 Å². The third kappa shape index (κ3) is 2.52. The summed E-state index contributed by atoms with van der Waals surface area (Å²) in [6.07, 6.45) is 2.31. The maximum atomic E-state index is 13.0. The first-order valence-electron chi connectivity index (χ1n) is 6.15. The molecule has 1 amide bonds. The molecule has 0 spiro atoms. The van der Waals surface area contributed by atoms with Crippen LogP contribution in [0.4, 0.5) is 10.4 Å². The molecule has 1 aromatic carbocycles. The van der Waals surface area contributed by atoms with E-state index in [1.54, 1.807) is 6.07 Å². The fourth-order valence-electron chi connectivity index (χ4n) is 2.20. The van der Waals surface area contributed by atoms with Gasteiger partial charge in [-0.3, -0.25) is 4.79 Å². The molecule has 2 aromatic rings. The zero-order valence-electron chi connectivity index (χ0n) is 10.3. The first kappa shape index (κ1) is 12.0. The lowest BCUT2D eigenvalue weighted by Gasteiger charge is -2.12. The Labute approximate surface area is 109 Å². The van der Waals surface area contributed by atoms with E-state index in [0.717, 1.165) is 12.8 Å². The molecule has 1 fully saturated rings. The van der Waals surface area contributed by atoms with Gasteiger partial charge < -0.3 is 15.5 Å². The summed E-state index contributed by atoms with van der Waals surface area (Å²) >= 11 is 0. The van der Waals surface area contributed by atoms with Gasteiger partial charge in [-0.1, -0.05) is 0 Å². The molecule has 0 bridgehead atoms. The number of carbonyl (C=O) groups excluding carboxylic acids is 1. The van der Waals surface area contributed by atoms with Crippen LogP contribution in [0.1, 0.15) is 19.3 Å². The highest BCUT2D eigenvalue weighted by Crippen LogP contribution is 2.48. The largest absolute Gasteiger partial charge is 0.423 e. The molecule has 1 aliphatic rings. The van der Waals surface area contributed by atoms with E-state index in [0.29, 0.717) is 30.1 Å². The molecular formula is C13H14FN3O2. The van der Waals surface area contributed by atoms with Crippen LogP contribution in [0.15, 0.2) is 22.6 Å². The normalized spacial score (nSPS) is 16.5. The Balaban J connectivity index is 1.70. The number of anilines is 1. The number of nitrogens with two attached hydrogens (primary N) is 1. The highest BCUT2D eigenvalue weighted by Gasteiger charge is 2.43. The van der Waals surface area contributed by atoms with E-state index in [-0.39, 0.29) is 17.1 Å². The number of nitrogens with zero attached hydrogens (tertiary/aromatic N) is 1. The number of fused-ring (bicyclic) bond motifs is 1. The SMILES string of the molecule is NC(=O)CC1(CNc2nc3ccc(F)cc3o2)CC1. The number of amides is 1. The minimum absolute atomic E-state index is 0.0578. The van der Waals surface area contributed by atoms with Gasteiger partial charge in [-0.2, -0.15) is 4.98 Å². The van der Waals surface area contributed by atoms with Gasteiger partial charge in [0, 0.05) is 19.0 Å². The van der Waals surface area contributed by atoms with Crippen molar-refractivity contribution >= 4 is 23.0 Å². The smallest absolute Gasteiger partial charge is 0.295 e. The number of benzene rings is 1. The van der Waals surface area contributed by atoms with Crippen LogP contribution in [-0.4, -0.2) is 17.4 Å². The Morgan fingerprint density at radius 3 is 3.00 bits per heavy atom. The minimum atomic E-state index is -0.359. The zero-order valence-corrected chi connectivity index (χ0v) is 10.3. The molecule has 0 atom stereocenters. The molecule has 1 saturated carbocycles. The van der Waals surface area contributed by atoms with Crippen LogP contribution >= 0.6 is 0 Å². The van der Waals surface area contributed by atoms with Crippen LogP contribution in [0.2, 0.25) is 0 Å². The molecule has 3 N–H and O–H groups in total. The highest BCUT2D eigenvalue weighted by molar-refractivity contribution is 5.75. The summed E-state index contributed by atoms with van der Waals surface area (Å²) in [6, 6.07) is 4.54. The molecule has 0 unspecified atom stereocenters. The second-order valence-corrected chi connectivity index (χ2v) is 5.13. The number of oxazole rings is 1. The van der Waals surface area contributed by atoms with E-state index in [1.807, 2.05) is 0 Å². The van der Waals surface area contributed by atoms with Crippen LogP contribution in [0.3, 0.4) is 0 Å². The van der Waals surface area contributed by atoms with Crippen LogP contribution in [0.5, 0.6) is 0 Å². The number of hydrogen-bond acceptors (Lipinski definition) is 4. The van der Waals surface area contributed by atoms with Gasteiger partial charge in [-0.25, -0.2) is 4.39 Å². The van der Waals surface area contributed by atoms with Crippen molar-refractivity contribution in [1.29, 1.82) is 0 Å². The number of primary amides is 1. The van der Waals surface area contributed by atoms with Crippen molar-refractivity contribution in [3.05, 3.63) is 24.0 Å². The fourth-order valence-corrected chi connectivity index (χ4v) is 2.20. The molecule has 100 valence electrons. The van der Waals surface area contributed by atoms with Crippen molar-refractivity contribution in [3.63, 3.8) is 0 Å². The predicted octanol–water partition coefficient (Wildman–Crippen LogP) is 2.03. The quantitative estimate of drug-likeness (QED) is 0.864. The maximum absolute atomic E-state index is 13.0. The van der Waals surface area contributed by atoms with Gasteiger partial charge in [-0.15, -0.1) is 0 Å². The summed E-state index contributed by atoms with van der Waals surface area (Å²) in [4.78, 5) is 15.2. The van der Waals surface area contributed by atoms with Gasteiger partial charge in [0.2, 0.25) is 5.91 Å². The standard InChI is InChI=1S/C13H14FN3O2/c14-8-1-2-9-10(5-8)19-12(17-9)16-7-13(3-4-13)6-11(15)18/h1-2,5H,3-4,6-7H2,(H2,15,18)(H,16,17). The van der Waals surface area contributed by atoms with Crippen LogP contribution in [0.25, 0.3) is 11.1 Å². The molecule has 1 heterocycles. The first-order valence-corrected chi connectivity index (χ1v) is 6.15. The average Bonchev–Trinajstić information content (AvgIpc) is 2.97. The molecule has 0 radical (unpaired) electrons. The second-order valence-electron chi connectivity index (χ2n) is 5.13. The number of aromatic nitrogens is 1. The zero-order chi connectivity index (χ0) is 13.5. The van der Waals surface area contributed by atoms with E-state index in [4.69, 9.17) is 10.2 Å². The molecule has 5 nitrogen and oxygen atoms in total. The highest BCUT2D eigenvalue weighted by atomic mass is 19.1. The molecule has 1 aromatic heterocycles. The number of carbonyl (C=O) groups is 1. The Morgan fingerprint density at radius 2 is 2.32 bits per heavy atom. The van der Waals surface area contributed by atoms with Crippen molar-refractivity contribution in [1.82, 2.24) is 4.98 Å². The Morgan fingerprint density at radius 1 is 1.53 bits per heavy atom. The fraction of sp³-hybridized carbons (Fsp3) is 0.385. The third-order valence-corrected chi connectivity index (χ3v) is 3.47. The molecule has 19 heavy (non-hydrogen) atoms. The summed E-state index contributed by atoms with van der Waals surface area (Å²) in [6.45, 7) is 0.589. The van der Waals surface area contributed by atoms with Gasteiger partial charge in [0.15, 0.2) is 5.58 Å². The second kappa shape index (κ2) is 4.22. The number of halogens is 1. The lowest BCUT2D eigenvalue weighted by Crippen LogP contribution is -2.23. The van der Waals surface area contributed by atoms with E-state index >= 15 is 0 Å². The molecule has 0 saturated heterocycles. The molecule has 3 rings (SSSR count). The first-order chi connectivity index (χ1) is 9.06.